The molecule has 0 saturated heterocycles. The Bertz CT molecular complexity index is 1520. The Morgan fingerprint density at radius 2 is 1.74 bits per heavy atom. The number of carbonyl (C=O) groups is 1. The van der Waals surface area contributed by atoms with Gasteiger partial charge in [-0.1, -0.05) is 68.3 Å². The average molecular weight is 549 g/mol. The first-order chi connectivity index (χ1) is 18.7. The maximum Gasteiger partial charge on any atom is 0.264 e. The van der Waals surface area contributed by atoms with E-state index in [0.717, 1.165) is 43.9 Å². The van der Waals surface area contributed by atoms with Gasteiger partial charge < -0.3 is 5.32 Å². The smallest absolute Gasteiger partial charge is 0.264 e. The minimum absolute atomic E-state index is 0. The molecule has 1 atom stereocenters. The van der Waals surface area contributed by atoms with Crippen LogP contribution in [0.15, 0.2) is 72.9 Å². The fourth-order valence-electron chi connectivity index (χ4n) is 4.36. The van der Waals surface area contributed by atoms with E-state index in [9.17, 15) is 13.2 Å². The van der Waals surface area contributed by atoms with Gasteiger partial charge in [0.25, 0.3) is 10.1 Å². The molecule has 0 aliphatic carbocycles. The lowest BCUT2D eigenvalue weighted by molar-refractivity contribution is -0.116. The van der Waals surface area contributed by atoms with Crippen molar-refractivity contribution in [3.63, 3.8) is 0 Å². The third-order valence-corrected chi connectivity index (χ3v) is 6.99. The van der Waals surface area contributed by atoms with Crippen LogP contribution in [0.25, 0.3) is 22.4 Å². The molecule has 0 aliphatic heterocycles. The van der Waals surface area contributed by atoms with Gasteiger partial charge in [-0.2, -0.15) is 8.42 Å². The number of carbonyl (C=O) groups excluding carboxylic acids is 1. The zero-order chi connectivity index (χ0) is 27.7. The Morgan fingerprint density at radius 3 is 2.54 bits per heavy atom. The van der Waals surface area contributed by atoms with Gasteiger partial charge in [0.1, 0.15) is 11.3 Å². The van der Waals surface area contributed by atoms with Gasteiger partial charge in [-0.3, -0.25) is 14.0 Å². The summed E-state index contributed by atoms with van der Waals surface area (Å²) in [6.07, 6.45) is 8.33. The number of fused-ring (bicyclic) bond motifs is 1. The van der Waals surface area contributed by atoms with Crippen molar-refractivity contribution in [1.29, 1.82) is 0 Å². The quantitative estimate of drug-likeness (QED) is 0.199. The molecule has 39 heavy (non-hydrogen) atoms. The van der Waals surface area contributed by atoms with Gasteiger partial charge in [0, 0.05) is 13.4 Å². The van der Waals surface area contributed by atoms with Gasteiger partial charge in [-0.25, -0.2) is 9.97 Å². The van der Waals surface area contributed by atoms with Gasteiger partial charge in [-0.05, 0) is 54.5 Å². The third-order valence-electron chi connectivity index (χ3n) is 6.44. The maximum absolute atomic E-state index is 12.5. The number of nitrogens with one attached hydrogen (secondary N) is 1. The molecule has 0 spiro atoms. The second-order valence-electron chi connectivity index (χ2n) is 9.88. The first kappa shape index (κ1) is 28.3. The Balaban J connectivity index is 0.00000441. The molecule has 4 rings (SSSR count). The molecule has 0 unspecified atom stereocenters. The summed E-state index contributed by atoms with van der Waals surface area (Å²) < 4.78 is 27.5. The van der Waals surface area contributed by atoms with E-state index < -0.39 is 10.1 Å². The number of rotatable bonds is 13. The highest BCUT2D eigenvalue weighted by Gasteiger charge is 2.10. The molecule has 1 N–H and O–H groups in total. The van der Waals surface area contributed by atoms with Gasteiger partial charge >= 0.3 is 0 Å². The number of amides is 1. The molecule has 2 aromatic carbocycles. The minimum Gasteiger partial charge on any atom is -0.311 e. The second kappa shape index (κ2) is 13.4. The lowest BCUT2D eigenvalue weighted by Gasteiger charge is -2.11. The Morgan fingerprint density at radius 1 is 0.974 bits per heavy atom. The van der Waals surface area contributed by atoms with Gasteiger partial charge in [0.05, 0.1) is 24.8 Å². The summed E-state index contributed by atoms with van der Waals surface area (Å²) in [4.78, 5) is 26.1. The molecule has 206 valence electrons. The Kier molecular flexibility index (Phi) is 9.73. The van der Waals surface area contributed by atoms with Gasteiger partial charge in [-0.15, -0.1) is 0 Å². The van der Waals surface area contributed by atoms with Crippen LogP contribution in [0.3, 0.4) is 0 Å². The fourth-order valence-corrected chi connectivity index (χ4v) is 4.71. The van der Waals surface area contributed by atoms with Crippen molar-refractivity contribution < 1.29 is 18.8 Å². The van der Waals surface area contributed by atoms with E-state index in [2.05, 4.69) is 51.5 Å². The zero-order valence-corrected chi connectivity index (χ0v) is 23.2. The number of nitrogens with zero attached hydrogens (tertiary/aromatic N) is 3. The highest BCUT2D eigenvalue weighted by Crippen LogP contribution is 2.22. The molecule has 1 amide bonds. The average Bonchev–Trinajstić information content (AvgIpc) is 2.92. The summed E-state index contributed by atoms with van der Waals surface area (Å²) in [7, 11) is -3.54. The number of pyridine rings is 1. The molecule has 0 aliphatic rings. The largest absolute Gasteiger partial charge is 0.311 e. The van der Waals surface area contributed by atoms with Crippen molar-refractivity contribution in [3.8, 4) is 11.3 Å². The Hall–Kier alpha value is -3.69. The SMILES string of the molecule is C[C@@H](CCCC(=O)Nc1ccc2ncc(-c3cccc(COS(C)(=O)=O)c3)nc2n1)CCCc1ccccc1.[HH]. The Labute approximate surface area is 231 Å². The fraction of sp³-hybridized carbons (Fsp3) is 0.333. The number of aromatic nitrogens is 3. The topological polar surface area (TPSA) is 111 Å². The van der Waals surface area contributed by atoms with Crippen molar-refractivity contribution >= 4 is 33.0 Å². The van der Waals surface area contributed by atoms with Crippen molar-refractivity contribution in [2.45, 2.75) is 52.1 Å². The summed E-state index contributed by atoms with van der Waals surface area (Å²) in [5.74, 6) is 0.941. The molecule has 0 radical (unpaired) electrons. The highest BCUT2D eigenvalue weighted by atomic mass is 32.2. The monoisotopic (exact) mass is 548 g/mol. The maximum atomic E-state index is 12.5. The van der Waals surface area contributed by atoms with Crippen molar-refractivity contribution in [1.82, 2.24) is 15.0 Å². The van der Waals surface area contributed by atoms with E-state index >= 15 is 0 Å². The normalized spacial score (nSPS) is 12.4. The van der Waals surface area contributed by atoms with Crippen LogP contribution in [0.5, 0.6) is 0 Å². The predicted molar refractivity (Wildman–Crippen MR) is 156 cm³/mol. The van der Waals surface area contributed by atoms with Crippen LogP contribution in [-0.2, 0) is 32.1 Å². The molecule has 9 heteroatoms. The second-order valence-corrected chi connectivity index (χ2v) is 11.5. The molecular weight excluding hydrogens is 512 g/mol. The van der Waals surface area contributed by atoms with E-state index in [1.165, 1.54) is 5.56 Å². The molecule has 0 saturated carbocycles. The summed E-state index contributed by atoms with van der Waals surface area (Å²) >= 11 is 0. The predicted octanol–water partition coefficient (Wildman–Crippen LogP) is 6.18. The van der Waals surface area contributed by atoms with Gasteiger partial charge in [0.2, 0.25) is 5.91 Å². The van der Waals surface area contributed by atoms with Crippen molar-refractivity contribution in [2.75, 3.05) is 11.6 Å². The number of anilines is 1. The van der Waals surface area contributed by atoms with Crippen LogP contribution in [0.4, 0.5) is 5.82 Å². The summed E-state index contributed by atoms with van der Waals surface area (Å²) in [5.41, 5.74) is 4.43. The molecule has 8 nitrogen and oxygen atoms in total. The van der Waals surface area contributed by atoms with Crippen LogP contribution >= 0.6 is 0 Å². The molecule has 2 aromatic heterocycles. The summed E-state index contributed by atoms with van der Waals surface area (Å²) in [6, 6.07) is 21.3. The van der Waals surface area contributed by atoms with E-state index in [4.69, 9.17) is 4.18 Å². The van der Waals surface area contributed by atoms with Crippen LogP contribution < -0.4 is 5.32 Å². The number of aryl methyl sites for hydroxylation is 1. The first-order valence-corrected chi connectivity index (χ1v) is 15.0. The van der Waals surface area contributed by atoms with E-state index in [1.807, 2.05) is 12.1 Å². The minimum atomic E-state index is -3.54. The summed E-state index contributed by atoms with van der Waals surface area (Å²) in [5, 5.41) is 2.88. The van der Waals surface area contributed by atoms with E-state index in [-0.39, 0.29) is 13.9 Å². The van der Waals surface area contributed by atoms with Crippen molar-refractivity contribution in [3.05, 3.63) is 84.1 Å². The van der Waals surface area contributed by atoms with Crippen LogP contribution in [0, 0.1) is 5.92 Å². The molecule has 2 heterocycles. The van der Waals surface area contributed by atoms with Crippen LogP contribution in [0.1, 0.15) is 51.6 Å². The third kappa shape index (κ3) is 9.23. The van der Waals surface area contributed by atoms with Gasteiger partial charge in [0.15, 0.2) is 5.65 Å². The lowest BCUT2D eigenvalue weighted by atomic mass is 9.96. The highest BCUT2D eigenvalue weighted by molar-refractivity contribution is 7.85. The molecular formula is C30H36N4O4S. The molecule has 0 fully saturated rings. The molecule has 4 aromatic rings. The number of hydrogen-bond donors (Lipinski definition) is 1. The molecule has 0 bridgehead atoms. The van der Waals surface area contributed by atoms with Crippen LogP contribution in [-0.4, -0.2) is 35.5 Å². The number of benzene rings is 2. The number of hydrogen-bond acceptors (Lipinski definition) is 7. The van der Waals surface area contributed by atoms with Crippen molar-refractivity contribution in [2.24, 2.45) is 5.92 Å². The summed E-state index contributed by atoms with van der Waals surface area (Å²) in [6.45, 7) is 2.19. The zero-order valence-electron chi connectivity index (χ0n) is 22.3. The van der Waals surface area contributed by atoms with E-state index in [0.29, 0.717) is 40.6 Å². The standard InChI is InChI=1S/C30H34N4O4S.H2/c1-22(9-6-13-23-11-4-3-5-12-23)10-7-16-29(35)33-28-18-17-26-30(34-28)32-27(20-31-26)25-15-8-14-24(19-25)21-38-39(2,36)37;/h3-5,8,11-12,14-15,17-20,22H,6-7,9-10,13,16,21H2,1-2H3,(H,32,33,34,35);1H/t22-;/m1./s1. The lowest BCUT2D eigenvalue weighted by Crippen LogP contribution is -2.13. The van der Waals surface area contributed by atoms with Crippen LogP contribution in [0.2, 0.25) is 0 Å². The van der Waals surface area contributed by atoms with E-state index in [1.54, 1.807) is 36.5 Å². The first-order valence-electron chi connectivity index (χ1n) is 13.2.